The molecule has 2 aromatic carbocycles. The van der Waals surface area contributed by atoms with Gasteiger partial charge in [0.25, 0.3) is 0 Å². The molecule has 0 radical (unpaired) electrons. The fraction of sp³-hybridized carbons (Fsp3) is 0.222. The van der Waals surface area contributed by atoms with Crippen molar-refractivity contribution in [1.29, 1.82) is 0 Å². The zero-order chi connectivity index (χ0) is 16.2. The van der Waals surface area contributed by atoms with Crippen molar-refractivity contribution in [1.82, 2.24) is 4.90 Å². The summed E-state index contributed by atoms with van der Waals surface area (Å²) in [6.07, 6.45) is 2.35. The summed E-state index contributed by atoms with van der Waals surface area (Å²) in [4.78, 5) is 15.0. The van der Waals surface area contributed by atoms with E-state index in [9.17, 15) is 9.18 Å². The van der Waals surface area contributed by atoms with Gasteiger partial charge in [-0.3, -0.25) is 0 Å². The second-order valence-corrected chi connectivity index (χ2v) is 5.81. The van der Waals surface area contributed by atoms with E-state index in [0.717, 1.165) is 23.6 Å². The SMILES string of the molecule is O=C(Oc1ccc(C(=S)N2CCCC2)cc1)c1ccc(F)cc1. The van der Waals surface area contributed by atoms with Crippen molar-refractivity contribution in [3.63, 3.8) is 0 Å². The van der Waals surface area contributed by atoms with Gasteiger partial charge in [0, 0.05) is 18.7 Å². The Kier molecular flexibility index (Phi) is 4.67. The lowest BCUT2D eigenvalue weighted by atomic mass is 10.2. The molecule has 1 fully saturated rings. The predicted octanol–water partition coefficient (Wildman–Crippen LogP) is 3.82. The fourth-order valence-electron chi connectivity index (χ4n) is 2.52. The Labute approximate surface area is 139 Å². The molecule has 118 valence electrons. The summed E-state index contributed by atoms with van der Waals surface area (Å²) in [7, 11) is 0. The number of thiocarbonyl (C=S) groups is 1. The van der Waals surface area contributed by atoms with Crippen LogP contribution < -0.4 is 4.74 Å². The molecule has 3 rings (SSSR count). The number of halogens is 1. The summed E-state index contributed by atoms with van der Waals surface area (Å²) < 4.78 is 18.1. The molecule has 0 saturated carbocycles. The maximum absolute atomic E-state index is 12.9. The number of carbonyl (C=O) groups is 1. The zero-order valence-corrected chi connectivity index (χ0v) is 13.3. The highest BCUT2D eigenvalue weighted by atomic mass is 32.1. The second kappa shape index (κ2) is 6.87. The van der Waals surface area contributed by atoms with Crippen molar-refractivity contribution < 1.29 is 13.9 Å². The highest BCUT2D eigenvalue weighted by Crippen LogP contribution is 2.18. The molecular formula is C18H16FNO2S. The van der Waals surface area contributed by atoms with Gasteiger partial charge < -0.3 is 9.64 Å². The first kappa shape index (κ1) is 15.6. The van der Waals surface area contributed by atoms with Crippen molar-refractivity contribution in [3.05, 3.63) is 65.5 Å². The topological polar surface area (TPSA) is 29.5 Å². The molecule has 0 spiro atoms. The van der Waals surface area contributed by atoms with E-state index in [1.165, 1.54) is 37.1 Å². The minimum absolute atomic E-state index is 0.308. The average Bonchev–Trinajstić information content (AvgIpc) is 3.10. The van der Waals surface area contributed by atoms with E-state index in [2.05, 4.69) is 4.90 Å². The van der Waals surface area contributed by atoms with Gasteiger partial charge in [-0.1, -0.05) is 12.2 Å². The normalized spacial score (nSPS) is 13.9. The van der Waals surface area contributed by atoms with Gasteiger partial charge in [-0.15, -0.1) is 0 Å². The van der Waals surface area contributed by atoms with Gasteiger partial charge in [0.05, 0.1) is 5.56 Å². The summed E-state index contributed by atoms with van der Waals surface area (Å²) in [6, 6.07) is 12.4. The average molecular weight is 329 g/mol. The number of hydrogen-bond donors (Lipinski definition) is 0. The van der Waals surface area contributed by atoms with Crippen molar-refractivity contribution in [2.45, 2.75) is 12.8 Å². The molecule has 1 aliphatic rings. The van der Waals surface area contributed by atoms with Gasteiger partial charge in [0.15, 0.2) is 0 Å². The molecule has 0 bridgehead atoms. The molecule has 1 heterocycles. The van der Waals surface area contributed by atoms with Crippen LogP contribution in [0.4, 0.5) is 4.39 Å². The summed E-state index contributed by atoms with van der Waals surface area (Å²) in [6.45, 7) is 2.00. The van der Waals surface area contributed by atoms with Crippen LogP contribution in [0.2, 0.25) is 0 Å². The largest absolute Gasteiger partial charge is 0.423 e. The summed E-state index contributed by atoms with van der Waals surface area (Å²) in [5.74, 6) is -0.464. The van der Waals surface area contributed by atoms with Gasteiger partial charge in [-0.05, 0) is 61.4 Å². The Morgan fingerprint density at radius 2 is 1.52 bits per heavy atom. The van der Waals surface area contributed by atoms with Gasteiger partial charge >= 0.3 is 5.97 Å². The lowest BCUT2D eigenvalue weighted by molar-refractivity contribution is 0.0734. The van der Waals surface area contributed by atoms with Crippen LogP contribution in [0.3, 0.4) is 0 Å². The lowest BCUT2D eigenvalue weighted by Crippen LogP contribution is -2.26. The highest BCUT2D eigenvalue weighted by Gasteiger charge is 2.16. The number of hydrogen-bond acceptors (Lipinski definition) is 3. The fourth-order valence-corrected chi connectivity index (χ4v) is 2.84. The Morgan fingerprint density at radius 1 is 0.957 bits per heavy atom. The van der Waals surface area contributed by atoms with E-state index in [0.29, 0.717) is 11.3 Å². The van der Waals surface area contributed by atoms with Gasteiger partial charge in [-0.2, -0.15) is 0 Å². The minimum Gasteiger partial charge on any atom is -0.423 e. The lowest BCUT2D eigenvalue weighted by Gasteiger charge is -2.18. The number of carbonyl (C=O) groups excluding carboxylic acids is 1. The maximum Gasteiger partial charge on any atom is 0.343 e. The van der Waals surface area contributed by atoms with Crippen LogP contribution in [0.25, 0.3) is 0 Å². The van der Waals surface area contributed by atoms with Crippen LogP contribution in [0, 0.1) is 5.82 Å². The third kappa shape index (κ3) is 3.74. The van der Waals surface area contributed by atoms with E-state index in [1.807, 2.05) is 12.1 Å². The number of benzene rings is 2. The summed E-state index contributed by atoms with van der Waals surface area (Å²) in [5, 5.41) is 0. The zero-order valence-electron chi connectivity index (χ0n) is 12.5. The van der Waals surface area contributed by atoms with E-state index < -0.39 is 5.97 Å². The van der Waals surface area contributed by atoms with Crippen molar-refractivity contribution in [2.24, 2.45) is 0 Å². The third-order valence-corrected chi connectivity index (χ3v) is 4.28. The molecule has 0 unspecified atom stereocenters. The van der Waals surface area contributed by atoms with E-state index in [1.54, 1.807) is 12.1 Å². The van der Waals surface area contributed by atoms with Crippen LogP contribution in [0.1, 0.15) is 28.8 Å². The number of likely N-dealkylation sites (tertiary alicyclic amines) is 1. The van der Waals surface area contributed by atoms with E-state index >= 15 is 0 Å². The van der Waals surface area contributed by atoms with Crippen LogP contribution >= 0.6 is 12.2 Å². The first-order valence-corrected chi connectivity index (χ1v) is 7.91. The monoisotopic (exact) mass is 329 g/mol. The molecule has 0 N–H and O–H groups in total. The molecular weight excluding hydrogens is 313 g/mol. The molecule has 5 heteroatoms. The minimum atomic E-state index is -0.514. The van der Waals surface area contributed by atoms with Crippen LogP contribution in [0.5, 0.6) is 5.75 Å². The van der Waals surface area contributed by atoms with Crippen LogP contribution in [-0.2, 0) is 0 Å². The van der Waals surface area contributed by atoms with Crippen molar-refractivity contribution in [3.8, 4) is 5.75 Å². The molecule has 0 aromatic heterocycles. The second-order valence-electron chi connectivity index (χ2n) is 5.42. The molecule has 3 nitrogen and oxygen atoms in total. The first-order chi connectivity index (χ1) is 11.1. The van der Waals surface area contributed by atoms with Gasteiger partial charge in [0.1, 0.15) is 16.6 Å². The van der Waals surface area contributed by atoms with E-state index in [-0.39, 0.29) is 5.82 Å². The highest BCUT2D eigenvalue weighted by molar-refractivity contribution is 7.80. The van der Waals surface area contributed by atoms with Crippen molar-refractivity contribution in [2.75, 3.05) is 13.1 Å². The van der Waals surface area contributed by atoms with Gasteiger partial charge in [-0.25, -0.2) is 9.18 Å². The number of rotatable bonds is 3. The maximum atomic E-state index is 12.9. The Balaban J connectivity index is 1.66. The third-order valence-electron chi connectivity index (χ3n) is 3.79. The number of esters is 1. The smallest absolute Gasteiger partial charge is 0.343 e. The van der Waals surface area contributed by atoms with E-state index in [4.69, 9.17) is 17.0 Å². The molecule has 0 atom stereocenters. The quantitative estimate of drug-likeness (QED) is 0.486. The Bertz CT molecular complexity index is 707. The molecule has 1 saturated heterocycles. The summed E-state index contributed by atoms with van der Waals surface area (Å²) >= 11 is 5.48. The standard InChI is InChI=1S/C18H16FNO2S/c19-15-7-3-14(4-8-15)18(21)22-16-9-5-13(6-10-16)17(23)20-11-1-2-12-20/h3-10H,1-2,11-12H2. The van der Waals surface area contributed by atoms with Crippen LogP contribution in [0.15, 0.2) is 48.5 Å². The first-order valence-electron chi connectivity index (χ1n) is 7.50. The summed E-state index contributed by atoms with van der Waals surface area (Å²) in [5.41, 5.74) is 1.26. The molecule has 2 aromatic rings. The van der Waals surface area contributed by atoms with Crippen LogP contribution in [-0.4, -0.2) is 28.9 Å². The predicted molar refractivity (Wildman–Crippen MR) is 90.3 cm³/mol. The molecule has 1 aliphatic heterocycles. The number of nitrogens with zero attached hydrogens (tertiary/aromatic N) is 1. The molecule has 23 heavy (non-hydrogen) atoms. The van der Waals surface area contributed by atoms with Gasteiger partial charge in [0.2, 0.25) is 0 Å². The molecule has 0 aliphatic carbocycles. The Hall–Kier alpha value is -2.27. The number of ether oxygens (including phenoxy) is 1. The molecule has 0 amide bonds. The Morgan fingerprint density at radius 3 is 2.13 bits per heavy atom. The van der Waals surface area contributed by atoms with Crippen molar-refractivity contribution >= 4 is 23.2 Å².